The molecule has 0 fully saturated rings. The second-order valence-electron chi connectivity index (χ2n) is 3.12. The van der Waals surface area contributed by atoms with E-state index in [0.29, 0.717) is 11.3 Å². The van der Waals surface area contributed by atoms with Crippen molar-refractivity contribution >= 4 is 5.97 Å². The molecule has 0 heterocycles. The van der Waals surface area contributed by atoms with Crippen molar-refractivity contribution in [2.24, 2.45) is 5.73 Å². The maximum absolute atomic E-state index is 11.2. The Kier molecular flexibility index (Phi) is 4.75. The maximum atomic E-state index is 11.2. The molecule has 0 saturated carbocycles. The van der Waals surface area contributed by atoms with Gasteiger partial charge < -0.3 is 19.9 Å². The first-order valence-electron chi connectivity index (χ1n) is 4.74. The van der Waals surface area contributed by atoms with Crippen LogP contribution in [-0.2, 0) is 14.3 Å². The molecule has 5 heteroatoms. The molecular weight excluding hydrogens is 210 g/mol. The van der Waals surface area contributed by atoms with Crippen molar-refractivity contribution in [3.8, 4) is 5.75 Å². The van der Waals surface area contributed by atoms with Crippen LogP contribution in [0.5, 0.6) is 5.75 Å². The van der Waals surface area contributed by atoms with Crippen molar-refractivity contribution in [1.29, 1.82) is 0 Å². The van der Waals surface area contributed by atoms with E-state index in [2.05, 4.69) is 4.74 Å². The number of benzene rings is 1. The monoisotopic (exact) mass is 225 g/mol. The van der Waals surface area contributed by atoms with Crippen LogP contribution in [0.3, 0.4) is 0 Å². The third-order valence-corrected chi connectivity index (χ3v) is 2.04. The van der Waals surface area contributed by atoms with Gasteiger partial charge in [0.05, 0.1) is 7.11 Å². The maximum Gasteiger partial charge on any atom is 0.327 e. The fourth-order valence-corrected chi connectivity index (χ4v) is 1.16. The molecule has 1 unspecified atom stereocenters. The zero-order valence-electron chi connectivity index (χ0n) is 9.30. The third kappa shape index (κ3) is 3.22. The van der Waals surface area contributed by atoms with E-state index in [1.807, 2.05) is 0 Å². The zero-order valence-corrected chi connectivity index (χ0v) is 9.30. The molecule has 0 radical (unpaired) electrons. The van der Waals surface area contributed by atoms with Gasteiger partial charge in [-0.25, -0.2) is 0 Å². The second-order valence-corrected chi connectivity index (χ2v) is 3.12. The Bertz CT molecular complexity index is 336. The van der Waals surface area contributed by atoms with Crippen molar-refractivity contribution in [2.75, 3.05) is 21.0 Å². The number of carbonyl (C=O) groups excluding carboxylic acids is 1. The molecule has 0 bridgehead atoms. The van der Waals surface area contributed by atoms with Crippen LogP contribution in [0, 0.1) is 0 Å². The molecule has 1 aromatic carbocycles. The van der Waals surface area contributed by atoms with Gasteiger partial charge in [-0.1, -0.05) is 12.1 Å². The van der Waals surface area contributed by atoms with Crippen molar-refractivity contribution in [3.05, 3.63) is 29.8 Å². The van der Waals surface area contributed by atoms with Crippen LogP contribution in [0.25, 0.3) is 0 Å². The Hall–Kier alpha value is -1.59. The van der Waals surface area contributed by atoms with E-state index in [9.17, 15) is 4.79 Å². The van der Waals surface area contributed by atoms with Gasteiger partial charge in [-0.05, 0) is 17.7 Å². The Labute approximate surface area is 94.1 Å². The van der Waals surface area contributed by atoms with Crippen LogP contribution in [0.2, 0.25) is 0 Å². The predicted molar refractivity (Wildman–Crippen MR) is 57.9 cm³/mol. The fourth-order valence-electron chi connectivity index (χ4n) is 1.16. The highest BCUT2D eigenvalue weighted by Gasteiger charge is 2.15. The summed E-state index contributed by atoms with van der Waals surface area (Å²) in [6, 6.07) is 6.11. The summed E-state index contributed by atoms with van der Waals surface area (Å²) in [6.45, 7) is 0.183. The molecule has 5 nitrogen and oxygen atoms in total. The van der Waals surface area contributed by atoms with Crippen LogP contribution in [0.4, 0.5) is 0 Å². The summed E-state index contributed by atoms with van der Waals surface area (Å²) in [5, 5.41) is 0. The minimum atomic E-state index is -0.763. The SMILES string of the molecule is COCOc1ccc(C(N)C(=O)OC)cc1. The lowest BCUT2D eigenvalue weighted by atomic mass is 10.1. The van der Waals surface area contributed by atoms with E-state index >= 15 is 0 Å². The van der Waals surface area contributed by atoms with Crippen molar-refractivity contribution < 1.29 is 19.0 Å². The average Bonchev–Trinajstić information content (AvgIpc) is 2.35. The quantitative estimate of drug-likeness (QED) is 0.594. The van der Waals surface area contributed by atoms with Gasteiger partial charge in [-0.15, -0.1) is 0 Å². The van der Waals surface area contributed by atoms with E-state index in [0.717, 1.165) is 0 Å². The molecule has 0 aromatic heterocycles. The minimum Gasteiger partial charge on any atom is -0.468 e. The first kappa shape index (κ1) is 12.5. The summed E-state index contributed by atoms with van der Waals surface area (Å²) >= 11 is 0. The summed E-state index contributed by atoms with van der Waals surface area (Å²) in [5.74, 6) is 0.188. The molecular formula is C11H15NO4. The topological polar surface area (TPSA) is 70.8 Å². The summed E-state index contributed by atoms with van der Waals surface area (Å²) in [7, 11) is 2.85. The lowest BCUT2D eigenvalue weighted by Crippen LogP contribution is -2.22. The van der Waals surface area contributed by atoms with Crippen LogP contribution in [0.1, 0.15) is 11.6 Å². The number of hydrogen-bond acceptors (Lipinski definition) is 5. The molecule has 0 aliphatic rings. The van der Waals surface area contributed by atoms with Crippen LogP contribution >= 0.6 is 0 Å². The molecule has 1 aromatic rings. The summed E-state index contributed by atoms with van der Waals surface area (Å²) in [4.78, 5) is 11.2. The largest absolute Gasteiger partial charge is 0.468 e. The highest BCUT2D eigenvalue weighted by molar-refractivity contribution is 5.77. The van der Waals surface area contributed by atoms with Gasteiger partial charge in [0, 0.05) is 7.11 Å². The minimum absolute atomic E-state index is 0.183. The van der Waals surface area contributed by atoms with Crippen molar-refractivity contribution in [3.63, 3.8) is 0 Å². The molecule has 0 amide bonds. The fraction of sp³-hybridized carbons (Fsp3) is 0.364. The number of nitrogens with two attached hydrogens (primary N) is 1. The van der Waals surface area contributed by atoms with Gasteiger partial charge in [-0.3, -0.25) is 4.79 Å². The van der Waals surface area contributed by atoms with Crippen LogP contribution < -0.4 is 10.5 Å². The lowest BCUT2D eigenvalue weighted by Gasteiger charge is -2.10. The number of carbonyl (C=O) groups is 1. The second kappa shape index (κ2) is 6.09. The highest BCUT2D eigenvalue weighted by Crippen LogP contribution is 2.17. The number of ether oxygens (including phenoxy) is 3. The van der Waals surface area contributed by atoms with E-state index in [4.69, 9.17) is 15.2 Å². The standard InChI is InChI=1S/C11H15NO4/c1-14-7-16-9-5-3-8(4-6-9)10(12)11(13)15-2/h3-6,10H,7,12H2,1-2H3. The third-order valence-electron chi connectivity index (χ3n) is 2.04. The predicted octanol–water partition coefficient (Wildman–Crippen LogP) is 0.842. The average molecular weight is 225 g/mol. The van der Waals surface area contributed by atoms with E-state index in [-0.39, 0.29) is 6.79 Å². The molecule has 0 aliphatic heterocycles. The van der Waals surface area contributed by atoms with Crippen molar-refractivity contribution in [2.45, 2.75) is 6.04 Å². The van der Waals surface area contributed by atoms with Crippen LogP contribution in [0.15, 0.2) is 24.3 Å². The molecule has 16 heavy (non-hydrogen) atoms. The number of rotatable bonds is 5. The normalized spacial score (nSPS) is 11.9. The summed E-state index contributed by atoms with van der Waals surface area (Å²) in [5.41, 5.74) is 6.34. The smallest absolute Gasteiger partial charge is 0.327 e. The molecule has 1 atom stereocenters. The number of esters is 1. The number of methoxy groups -OCH3 is 2. The van der Waals surface area contributed by atoms with Gasteiger partial charge in [0.2, 0.25) is 0 Å². The molecule has 0 aliphatic carbocycles. The Morgan fingerprint density at radius 3 is 2.44 bits per heavy atom. The van der Waals surface area contributed by atoms with E-state index < -0.39 is 12.0 Å². The molecule has 1 rings (SSSR count). The zero-order chi connectivity index (χ0) is 12.0. The highest BCUT2D eigenvalue weighted by atomic mass is 16.7. The summed E-state index contributed by atoms with van der Waals surface area (Å²) < 4.78 is 14.5. The molecule has 88 valence electrons. The van der Waals surface area contributed by atoms with E-state index in [1.165, 1.54) is 7.11 Å². The first-order chi connectivity index (χ1) is 7.69. The Morgan fingerprint density at radius 1 is 1.31 bits per heavy atom. The first-order valence-corrected chi connectivity index (χ1v) is 4.74. The van der Waals surface area contributed by atoms with E-state index in [1.54, 1.807) is 31.4 Å². The van der Waals surface area contributed by atoms with Crippen molar-refractivity contribution in [1.82, 2.24) is 0 Å². The van der Waals surface area contributed by atoms with Gasteiger partial charge in [0.1, 0.15) is 11.8 Å². The van der Waals surface area contributed by atoms with Gasteiger partial charge in [0.25, 0.3) is 0 Å². The number of hydrogen-bond donors (Lipinski definition) is 1. The lowest BCUT2D eigenvalue weighted by molar-refractivity contribution is -0.142. The molecule has 2 N–H and O–H groups in total. The van der Waals surface area contributed by atoms with Crippen LogP contribution in [-0.4, -0.2) is 27.0 Å². The Morgan fingerprint density at radius 2 is 1.94 bits per heavy atom. The van der Waals surface area contributed by atoms with Gasteiger partial charge in [-0.2, -0.15) is 0 Å². The molecule has 0 spiro atoms. The van der Waals surface area contributed by atoms with Gasteiger partial charge >= 0.3 is 5.97 Å². The van der Waals surface area contributed by atoms with Gasteiger partial charge in [0.15, 0.2) is 6.79 Å². The molecule has 0 saturated heterocycles. The Balaban J connectivity index is 2.67. The summed E-state index contributed by atoms with van der Waals surface area (Å²) in [6.07, 6.45) is 0.